The van der Waals surface area contributed by atoms with E-state index >= 15 is 0 Å². The first-order chi connectivity index (χ1) is 14.9. The number of hydrogen-bond donors (Lipinski definition) is 2. The molecule has 2 aromatic rings. The molecule has 0 saturated carbocycles. The number of carbonyl (C=O) groups is 1. The van der Waals surface area contributed by atoms with Gasteiger partial charge in [0.05, 0.1) is 12.8 Å². The minimum atomic E-state index is -0.697. The fourth-order valence-corrected chi connectivity index (χ4v) is 4.65. The monoisotopic (exact) mass is 423 g/mol. The fourth-order valence-electron chi connectivity index (χ4n) is 4.65. The SMILES string of the molecule is COc1cccc(Nc2ccc3c(n2)C(C)(C(=O)NC2CCN(C)CC2)CN(C)C3)c1. The van der Waals surface area contributed by atoms with Gasteiger partial charge in [0.1, 0.15) is 17.0 Å². The maximum Gasteiger partial charge on any atom is 0.233 e. The average Bonchev–Trinajstić information content (AvgIpc) is 2.76. The number of carbonyl (C=O) groups excluding carboxylic acids is 1. The van der Waals surface area contributed by atoms with Crippen molar-refractivity contribution in [1.82, 2.24) is 20.1 Å². The number of piperidine rings is 1. The van der Waals surface area contributed by atoms with E-state index in [0.29, 0.717) is 6.54 Å². The number of rotatable bonds is 5. The van der Waals surface area contributed by atoms with Gasteiger partial charge in [0.25, 0.3) is 0 Å². The number of likely N-dealkylation sites (N-methyl/N-ethyl adjacent to an activating group) is 1. The smallest absolute Gasteiger partial charge is 0.233 e. The number of fused-ring (bicyclic) bond motifs is 1. The Balaban J connectivity index is 1.58. The molecular weight excluding hydrogens is 390 g/mol. The largest absolute Gasteiger partial charge is 0.497 e. The minimum Gasteiger partial charge on any atom is -0.497 e. The molecule has 2 aliphatic heterocycles. The van der Waals surface area contributed by atoms with Gasteiger partial charge in [-0.2, -0.15) is 0 Å². The third-order valence-corrected chi connectivity index (χ3v) is 6.42. The first kappa shape index (κ1) is 21.6. The van der Waals surface area contributed by atoms with Gasteiger partial charge in [-0.15, -0.1) is 0 Å². The molecule has 0 radical (unpaired) electrons. The summed E-state index contributed by atoms with van der Waals surface area (Å²) in [5, 5.41) is 6.69. The van der Waals surface area contributed by atoms with Crippen molar-refractivity contribution < 1.29 is 9.53 Å². The van der Waals surface area contributed by atoms with Crippen LogP contribution in [-0.4, -0.2) is 67.6 Å². The Morgan fingerprint density at radius 1 is 1.16 bits per heavy atom. The molecule has 0 spiro atoms. The highest BCUT2D eigenvalue weighted by atomic mass is 16.5. The third kappa shape index (κ3) is 4.67. The van der Waals surface area contributed by atoms with E-state index in [1.807, 2.05) is 37.3 Å². The molecule has 1 saturated heterocycles. The van der Waals surface area contributed by atoms with Gasteiger partial charge in [-0.1, -0.05) is 12.1 Å². The number of ether oxygens (including phenoxy) is 1. The number of aromatic nitrogens is 1. The van der Waals surface area contributed by atoms with Gasteiger partial charge in [0.2, 0.25) is 5.91 Å². The van der Waals surface area contributed by atoms with Crippen LogP contribution in [0.15, 0.2) is 36.4 Å². The number of nitrogens with one attached hydrogen (secondary N) is 2. The molecule has 4 rings (SSSR count). The van der Waals surface area contributed by atoms with Gasteiger partial charge in [0, 0.05) is 30.9 Å². The van der Waals surface area contributed by atoms with Gasteiger partial charge >= 0.3 is 0 Å². The van der Waals surface area contributed by atoms with E-state index in [1.165, 1.54) is 0 Å². The van der Waals surface area contributed by atoms with Crippen molar-refractivity contribution in [3.8, 4) is 5.75 Å². The summed E-state index contributed by atoms with van der Waals surface area (Å²) in [7, 11) is 5.85. The van der Waals surface area contributed by atoms with Crippen LogP contribution < -0.4 is 15.4 Å². The third-order valence-electron chi connectivity index (χ3n) is 6.42. The molecule has 1 fully saturated rings. The lowest BCUT2D eigenvalue weighted by Gasteiger charge is -2.40. The van der Waals surface area contributed by atoms with Crippen LogP contribution in [0.2, 0.25) is 0 Å². The van der Waals surface area contributed by atoms with Crippen molar-refractivity contribution >= 4 is 17.4 Å². The molecule has 31 heavy (non-hydrogen) atoms. The van der Waals surface area contributed by atoms with Crippen molar-refractivity contribution in [2.45, 2.75) is 37.8 Å². The van der Waals surface area contributed by atoms with Crippen molar-refractivity contribution in [2.75, 3.05) is 46.2 Å². The second kappa shape index (κ2) is 8.85. The standard InChI is InChI=1S/C24H33N5O2/c1-24(23(30)26-18-10-12-28(2)13-11-18)16-29(3)15-17-8-9-21(27-22(17)24)25-19-6-5-7-20(14-19)31-4/h5-9,14,18H,10-13,15-16H2,1-4H3,(H,25,27)(H,26,30). The Labute approximate surface area is 184 Å². The van der Waals surface area contributed by atoms with Crippen LogP contribution in [0.5, 0.6) is 5.75 Å². The second-order valence-electron chi connectivity index (χ2n) is 9.12. The van der Waals surface area contributed by atoms with Crippen LogP contribution in [0, 0.1) is 0 Å². The number of pyridine rings is 1. The molecule has 3 heterocycles. The average molecular weight is 424 g/mol. The van der Waals surface area contributed by atoms with Crippen LogP contribution in [0.4, 0.5) is 11.5 Å². The lowest BCUT2D eigenvalue weighted by atomic mass is 9.79. The molecule has 1 aromatic heterocycles. The van der Waals surface area contributed by atoms with Crippen molar-refractivity contribution in [3.05, 3.63) is 47.7 Å². The van der Waals surface area contributed by atoms with Crippen molar-refractivity contribution in [3.63, 3.8) is 0 Å². The molecule has 7 nitrogen and oxygen atoms in total. The number of benzene rings is 1. The summed E-state index contributed by atoms with van der Waals surface area (Å²) >= 11 is 0. The van der Waals surface area contributed by atoms with E-state index in [4.69, 9.17) is 9.72 Å². The van der Waals surface area contributed by atoms with Crippen LogP contribution in [-0.2, 0) is 16.8 Å². The lowest BCUT2D eigenvalue weighted by molar-refractivity contribution is -0.128. The fraction of sp³-hybridized carbons (Fsp3) is 0.500. The number of methoxy groups -OCH3 is 1. The number of anilines is 2. The topological polar surface area (TPSA) is 69.7 Å². The van der Waals surface area contributed by atoms with E-state index in [9.17, 15) is 4.79 Å². The predicted octanol–water partition coefficient (Wildman–Crippen LogP) is 2.75. The molecule has 2 aliphatic rings. The maximum atomic E-state index is 13.5. The molecule has 7 heteroatoms. The zero-order chi connectivity index (χ0) is 22.0. The van der Waals surface area contributed by atoms with Crippen LogP contribution in [0.25, 0.3) is 0 Å². The van der Waals surface area contributed by atoms with Crippen LogP contribution in [0.1, 0.15) is 31.0 Å². The van der Waals surface area contributed by atoms with Gasteiger partial charge in [0.15, 0.2) is 0 Å². The van der Waals surface area contributed by atoms with Gasteiger partial charge in [-0.25, -0.2) is 4.98 Å². The molecule has 1 atom stereocenters. The molecule has 1 aromatic carbocycles. The Kier molecular flexibility index (Phi) is 6.16. The summed E-state index contributed by atoms with van der Waals surface area (Å²) in [5.41, 5.74) is 2.17. The molecule has 2 N–H and O–H groups in total. The molecular formula is C24H33N5O2. The normalized spacial score (nSPS) is 22.6. The van der Waals surface area contributed by atoms with E-state index in [1.54, 1.807) is 7.11 Å². The summed E-state index contributed by atoms with van der Waals surface area (Å²) in [5.74, 6) is 1.59. The van der Waals surface area contributed by atoms with Gasteiger partial charge in [-0.05, 0) is 70.7 Å². The highest BCUT2D eigenvalue weighted by molar-refractivity contribution is 5.88. The summed E-state index contributed by atoms with van der Waals surface area (Å²) in [6, 6.07) is 12.0. The lowest BCUT2D eigenvalue weighted by Crippen LogP contribution is -2.55. The highest BCUT2D eigenvalue weighted by Crippen LogP contribution is 2.34. The van der Waals surface area contributed by atoms with E-state index in [-0.39, 0.29) is 11.9 Å². The number of nitrogens with zero attached hydrogens (tertiary/aromatic N) is 3. The Bertz CT molecular complexity index is 941. The zero-order valence-electron chi connectivity index (χ0n) is 18.9. The van der Waals surface area contributed by atoms with Crippen LogP contribution >= 0.6 is 0 Å². The molecule has 1 unspecified atom stereocenters. The number of likely N-dealkylation sites (tertiary alicyclic amines) is 1. The minimum absolute atomic E-state index is 0.0703. The van der Waals surface area contributed by atoms with Crippen molar-refractivity contribution in [1.29, 1.82) is 0 Å². The summed E-state index contributed by atoms with van der Waals surface area (Å²) < 4.78 is 5.32. The van der Waals surface area contributed by atoms with Gasteiger partial charge < -0.3 is 25.2 Å². The van der Waals surface area contributed by atoms with Crippen LogP contribution in [0.3, 0.4) is 0 Å². The molecule has 166 valence electrons. The zero-order valence-corrected chi connectivity index (χ0v) is 18.9. The number of hydrogen-bond acceptors (Lipinski definition) is 6. The molecule has 0 aliphatic carbocycles. The quantitative estimate of drug-likeness (QED) is 0.771. The number of amides is 1. The Morgan fingerprint density at radius 3 is 2.68 bits per heavy atom. The summed E-state index contributed by atoms with van der Waals surface area (Å²) in [6.07, 6.45) is 1.98. The van der Waals surface area contributed by atoms with Crippen molar-refractivity contribution in [2.24, 2.45) is 0 Å². The Hall–Kier alpha value is -2.64. The molecule has 1 amide bonds. The van der Waals surface area contributed by atoms with E-state index < -0.39 is 5.41 Å². The summed E-state index contributed by atoms with van der Waals surface area (Å²) in [6.45, 7) is 5.50. The van der Waals surface area contributed by atoms with Gasteiger partial charge in [-0.3, -0.25) is 4.79 Å². The Morgan fingerprint density at radius 2 is 1.94 bits per heavy atom. The first-order valence-electron chi connectivity index (χ1n) is 11.0. The molecule has 0 bridgehead atoms. The summed E-state index contributed by atoms with van der Waals surface area (Å²) in [4.78, 5) is 22.9. The highest BCUT2D eigenvalue weighted by Gasteiger charge is 2.43. The van der Waals surface area contributed by atoms with E-state index in [0.717, 1.165) is 61.0 Å². The van der Waals surface area contributed by atoms with E-state index in [2.05, 4.69) is 40.6 Å². The second-order valence-corrected chi connectivity index (χ2v) is 9.12. The maximum absolute atomic E-state index is 13.5. The predicted molar refractivity (Wildman–Crippen MR) is 123 cm³/mol. The first-order valence-corrected chi connectivity index (χ1v) is 11.0.